The summed E-state index contributed by atoms with van der Waals surface area (Å²) in [5.74, 6) is 0.773. The monoisotopic (exact) mass is 495 g/mol. The summed E-state index contributed by atoms with van der Waals surface area (Å²) in [6.45, 7) is 5.91. The molecule has 1 aromatic heterocycles. The van der Waals surface area contributed by atoms with Gasteiger partial charge in [-0.3, -0.25) is 14.2 Å². The number of fused-ring (bicyclic) bond motifs is 1. The van der Waals surface area contributed by atoms with E-state index in [4.69, 9.17) is 9.72 Å². The van der Waals surface area contributed by atoms with Crippen LogP contribution >= 0.6 is 27.7 Å². The number of ether oxygens (including phenoxy) is 1. The van der Waals surface area contributed by atoms with Crippen molar-refractivity contribution >= 4 is 44.5 Å². The number of benzene rings is 1. The first-order valence-electron chi connectivity index (χ1n) is 10.7. The molecule has 6 nitrogen and oxygen atoms in total. The van der Waals surface area contributed by atoms with E-state index in [0.717, 1.165) is 10.9 Å². The maximum absolute atomic E-state index is 13.1. The molecule has 30 heavy (non-hydrogen) atoms. The third-order valence-corrected chi connectivity index (χ3v) is 7.02. The first-order chi connectivity index (χ1) is 14.5. The van der Waals surface area contributed by atoms with Gasteiger partial charge in [-0.15, -0.1) is 0 Å². The second-order valence-corrected chi connectivity index (χ2v) is 9.65. The van der Waals surface area contributed by atoms with Crippen LogP contribution in [-0.2, 0) is 16.1 Å². The number of amides is 1. The van der Waals surface area contributed by atoms with E-state index in [1.165, 1.54) is 31.0 Å². The quantitative estimate of drug-likeness (QED) is 0.317. The maximum Gasteiger partial charge on any atom is 0.262 e. The summed E-state index contributed by atoms with van der Waals surface area (Å²) in [6.07, 6.45) is 5.34. The minimum absolute atomic E-state index is 0.00442. The molecular weight excluding hydrogens is 466 g/mol. The van der Waals surface area contributed by atoms with Crippen molar-refractivity contribution < 1.29 is 9.53 Å². The number of thioether (sulfide) groups is 1. The predicted octanol–water partition coefficient (Wildman–Crippen LogP) is 4.37. The average Bonchev–Trinajstić information content (AvgIpc) is 2.73. The number of nitrogens with one attached hydrogen (secondary N) is 1. The van der Waals surface area contributed by atoms with Crippen LogP contribution in [0.5, 0.6) is 0 Å². The number of hydrogen-bond donors (Lipinski definition) is 1. The highest BCUT2D eigenvalue weighted by Crippen LogP contribution is 2.24. The van der Waals surface area contributed by atoms with Gasteiger partial charge in [-0.05, 0) is 50.3 Å². The number of carbonyl (C=O) groups excluding carboxylic acids is 1. The maximum atomic E-state index is 13.1. The SMILES string of the molecule is CCOCCCn1c(SCC(=O)NC2CCCCC2C)nc2ccc(Br)cc2c1=O. The van der Waals surface area contributed by atoms with Gasteiger partial charge in [0.2, 0.25) is 5.91 Å². The Hall–Kier alpha value is -1.38. The molecular formula is C22H30BrN3O3S. The van der Waals surface area contributed by atoms with Gasteiger partial charge in [0.25, 0.3) is 5.56 Å². The molecule has 0 bridgehead atoms. The van der Waals surface area contributed by atoms with Gasteiger partial charge in [-0.1, -0.05) is 47.5 Å². The van der Waals surface area contributed by atoms with Crippen molar-refractivity contribution in [2.75, 3.05) is 19.0 Å². The topological polar surface area (TPSA) is 73.2 Å². The Morgan fingerprint density at radius 2 is 2.17 bits per heavy atom. The van der Waals surface area contributed by atoms with Crippen molar-refractivity contribution in [3.63, 3.8) is 0 Å². The molecule has 0 spiro atoms. The summed E-state index contributed by atoms with van der Waals surface area (Å²) in [5, 5.41) is 4.33. The van der Waals surface area contributed by atoms with Crippen LogP contribution in [0, 0.1) is 5.92 Å². The van der Waals surface area contributed by atoms with Gasteiger partial charge in [-0.25, -0.2) is 4.98 Å². The first kappa shape index (κ1) is 23.3. The van der Waals surface area contributed by atoms with Crippen LogP contribution in [0.25, 0.3) is 10.9 Å². The molecule has 2 aromatic rings. The fourth-order valence-corrected chi connectivity index (χ4v) is 5.06. The second kappa shape index (κ2) is 11.3. The van der Waals surface area contributed by atoms with Gasteiger partial charge >= 0.3 is 0 Å². The zero-order valence-electron chi connectivity index (χ0n) is 17.7. The zero-order chi connectivity index (χ0) is 21.5. The van der Waals surface area contributed by atoms with Crippen molar-refractivity contribution in [3.8, 4) is 0 Å². The summed E-state index contributed by atoms with van der Waals surface area (Å²) in [7, 11) is 0. The van der Waals surface area contributed by atoms with Gasteiger partial charge in [0.15, 0.2) is 5.16 Å². The van der Waals surface area contributed by atoms with E-state index in [9.17, 15) is 9.59 Å². The molecule has 164 valence electrons. The van der Waals surface area contributed by atoms with Crippen molar-refractivity contribution in [2.45, 2.75) is 63.7 Å². The Balaban J connectivity index is 1.75. The minimum atomic E-state index is -0.0818. The Morgan fingerprint density at radius 3 is 2.93 bits per heavy atom. The fraction of sp³-hybridized carbons (Fsp3) is 0.591. The van der Waals surface area contributed by atoms with Crippen LogP contribution in [0.1, 0.15) is 46.0 Å². The van der Waals surface area contributed by atoms with Crippen LogP contribution in [0.3, 0.4) is 0 Å². The molecule has 8 heteroatoms. The first-order valence-corrected chi connectivity index (χ1v) is 12.5. The van der Waals surface area contributed by atoms with Crippen molar-refractivity contribution in [3.05, 3.63) is 33.0 Å². The molecule has 1 saturated carbocycles. The van der Waals surface area contributed by atoms with E-state index >= 15 is 0 Å². The second-order valence-electron chi connectivity index (χ2n) is 7.79. The fourth-order valence-electron chi connectivity index (χ4n) is 3.86. The molecule has 2 unspecified atom stereocenters. The van der Waals surface area contributed by atoms with Crippen molar-refractivity contribution in [2.24, 2.45) is 5.92 Å². The van der Waals surface area contributed by atoms with Gasteiger partial charge in [0, 0.05) is 30.3 Å². The summed E-state index contributed by atoms with van der Waals surface area (Å²) in [6, 6.07) is 5.76. The Kier molecular flexibility index (Phi) is 8.77. The molecule has 0 saturated heterocycles. The van der Waals surface area contributed by atoms with E-state index in [1.807, 2.05) is 19.1 Å². The Bertz CT molecular complexity index is 934. The predicted molar refractivity (Wildman–Crippen MR) is 125 cm³/mol. The van der Waals surface area contributed by atoms with Crippen LogP contribution in [0.15, 0.2) is 32.6 Å². The van der Waals surface area contributed by atoms with Gasteiger partial charge in [0.05, 0.1) is 16.7 Å². The Morgan fingerprint density at radius 1 is 1.37 bits per heavy atom. The molecule has 1 aliphatic rings. The molecule has 3 rings (SSSR count). The molecule has 1 N–H and O–H groups in total. The lowest BCUT2D eigenvalue weighted by Crippen LogP contribution is -2.42. The van der Waals surface area contributed by atoms with E-state index in [1.54, 1.807) is 10.6 Å². The molecule has 1 aromatic carbocycles. The van der Waals surface area contributed by atoms with Gasteiger partial charge in [-0.2, -0.15) is 0 Å². The lowest BCUT2D eigenvalue weighted by molar-refractivity contribution is -0.119. The van der Waals surface area contributed by atoms with Crippen molar-refractivity contribution in [1.82, 2.24) is 14.9 Å². The number of aromatic nitrogens is 2. The zero-order valence-corrected chi connectivity index (χ0v) is 20.1. The number of nitrogens with zero attached hydrogens (tertiary/aromatic N) is 2. The van der Waals surface area contributed by atoms with Crippen LogP contribution in [-0.4, -0.2) is 40.5 Å². The average molecular weight is 496 g/mol. The molecule has 1 aliphatic carbocycles. The Labute approximate surface area is 190 Å². The largest absolute Gasteiger partial charge is 0.382 e. The van der Waals surface area contributed by atoms with Crippen LogP contribution in [0.2, 0.25) is 0 Å². The lowest BCUT2D eigenvalue weighted by Gasteiger charge is -2.29. The molecule has 1 heterocycles. The van der Waals surface area contributed by atoms with Gasteiger partial charge < -0.3 is 10.1 Å². The summed E-state index contributed by atoms with van der Waals surface area (Å²) < 4.78 is 7.94. The normalized spacial score (nSPS) is 19.2. The smallest absolute Gasteiger partial charge is 0.262 e. The van der Waals surface area contributed by atoms with E-state index in [0.29, 0.717) is 48.2 Å². The summed E-state index contributed by atoms with van der Waals surface area (Å²) in [5.41, 5.74) is 0.565. The molecule has 1 fully saturated rings. The van der Waals surface area contributed by atoms with Crippen molar-refractivity contribution in [1.29, 1.82) is 0 Å². The third kappa shape index (κ3) is 6.08. The number of carbonyl (C=O) groups is 1. The number of rotatable bonds is 9. The summed E-state index contributed by atoms with van der Waals surface area (Å²) in [4.78, 5) is 30.4. The molecule has 0 aliphatic heterocycles. The van der Waals surface area contributed by atoms with Gasteiger partial charge in [0.1, 0.15) is 0 Å². The standard InChI is InChI=1S/C22H30BrN3O3S/c1-3-29-12-6-11-26-21(28)17-13-16(23)9-10-19(17)25-22(26)30-14-20(27)24-18-8-5-4-7-15(18)2/h9-10,13,15,18H,3-8,11-12,14H2,1-2H3,(H,24,27). The molecule has 1 amide bonds. The summed E-state index contributed by atoms with van der Waals surface area (Å²) >= 11 is 4.76. The highest BCUT2D eigenvalue weighted by atomic mass is 79.9. The third-order valence-electron chi connectivity index (χ3n) is 5.55. The number of hydrogen-bond acceptors (Lipinski definition) is 5. The van der Waals surface area contributed by atoms with E-state index in [-0.39, 0.29) is 23.3 Å². The van der Waals surface area contributed by atoms with Crippen LogP contribution < -0.4 is 10.9 Å². The minimum Gasteiger partial charge on any atom is -0.382 e. The molecule has 0 radical (unpaired) electrons. The molecule has 2 atom stereocenters. The van der Waals surface area contributed by atoms with E-state index < -0.39 is 0 Å². The number of halogens is 1. The highest BCUT2D eigenvalue weighted by Gasteiger charge is 2.23. The van der Waals surface area contributed by atoms with E-state index in [2.05, 4.69) is 28.2 Å². The highest BCUT2D eigenvalue weighted by molar-refractivity contribution is 9.10. The lowest BCUT2D eigenvalue weighted by atomic mass is 9.86. The van der Waals surface area contributed by atoms with Crippen LogP contribution in [0.4, 0.5) is 0 Å².